The molecule has 1 aromatic carbocycles. The van der Waals surface area contributed by atoms with E-state index in [4.69, 9.17) is 4.74 Å². The molecule has 0 N–H and O–H groups in total. The highest BCUT2D eigenvalue weighted by Gasteiger charge is 2.06. The van der Waals surface area contributed by atoms with Crippen molar-refractivity contribution in [2.75, 3.05) is 7.11 Å². The number of pyridine rings is 1. The maximum absolute atomic E-state index is 12.0. The van der Waals surface area contributed by atoms with Gasteiger partial charge in [-0.2, -0.15) is 0 Å². The number of aromatic nitrogens is 4. The Morgan fingerprint density at radius 3 is 2.73 bits per heavy atom. The second-order valence-corrected chi connectivity index (χ2v) is 4.82. The molecule has 2 aromatic heterocycles. The molecule has 0 aliphatic carbocycles. The lowest BCUT2D eigenvalue weighted by Gasteiger charge is -2.05. The molecule has 2 heterocycles. The maximum atomic E-state index is 12.0. The molecule has 22 heavy (non-hydrogen) atoms. The van der Waals surface area contributed by atoms with Gasteiger partial charge in [0.15, 0.2) is 5.75 Å². The summed E-state index contributed by atoms with van der Waals surface area (Å²) < 4.78 is 8.37. The van der Waals surface area contributed by atoms with Crippen molar-refractivity contribution in [3.05, 3.63) is 70.9 Å². The molecule has 6 heteroatoms. The van der Waals surface area contributed by atoms with E-state index in [2.05, 4.69) is 10.3 Å². The standard InChI is InChI=1S/C16H16N4O2/c1-22-15-8-5-10-19(16(15)21)11-9-13-12-20(18-17-13)14-6-3-2-4-7-14/h2-8,10,12H,9,11H2,1H3. The summed E-state index contributed by atoms with van der Waals surface area (Å²) >= 11 is 0. The molecule has 0 saturated carbocycles. The fraction of sp³-hybridized carbons (Fsp3) is 0.188. The van der Waals surface area contributed by atoms with Crippen molar-refractivity contribution in [2.45, 2.75) is 13.0 Å². The summed E-state index contributed by atoms with van der Waals surface area (Å²) in [4.78, 5) is 12.0. The Bertz CT molecular complexity index is 808. The summed E-state index contributed by atoms with van der Waals surface area (Å²) in [6.07, 6.45) is 4.24. The van der Waals surface area contributed by atoms with Gasteiger partial charge in [-0.15, -0.1) is 5.10 Å². The molecule has 0 radical (unpaired) electrons. The zero-order valence-corrected chi connectivity index (χ0v) is 12.2. The van der Waals surface area contributed by atoms with Gasteiger partial charge in [-0.3, -0.25) is 4.79 Å². The minimum atomic E-state index is -0.138. The predicted octanol–water partition coefficient (Wildman–Crippen LogP) is 1.68. The minimum Gasteiger partial charge on any atom is -0.491 e. The summed E-state index contributed by atoms with van der Waals surface area (Å²) in [5.74, 6) is 0.343. The van der Waals surface area contributed by atoms with Crippen molar-refractivity contribution in [1.82, 2.24) is 19.6 Å². The molecule has 3 aromatic rings. The Balaban J connectivity index is 1.73. The molecule has 0 saturated heterocycles. The van der Waals surface area contributed by atoms with Gasteiger partial charge in [0.1, 0.15) is 0 Å². The predicted molar refractivity (Wildman–Crippen MR) is 82.3 cm³/mol. The van der Waals surface area contributed by atoms with Gasteiger partial charge in [-0.05, 0) is 24.3 Å². The Labute approximate surface area is 127 Å². The van der Waals surface area contributed by atoms with Gasteiger partial charge in [-0.1, -0.05) is 23.4 Å². The van der Waals surface area contributed by atoms with E-state index in [1.54, 1.807) is 27.6 Å². The Hall–Kier alpha value is -2.89. The lowest BCUT2D eigenvalue weighted by Crippen LogP contribution is -2.21. The van der Waals surface area contributed by atoms with Crippen LogP contribution in [0.2, 0.25) is 0 Å². The van der Waals surface area contributed by atoms with Gasteiger partial charge in [0.25, 0.3) is 5.56 Å². The zero-order chi connectivity index (χ0) is 15.4. The van der Waals surface area contributed by atoms with Crippen LogP contribution in [0.25, 0.3) is 5.69 Å². The van der Waals surface area contributed by atoms with Crippen LogP contribution in [0.4, 0.5) is 0 Å². The Morgan fingerprint density at radius 1 is 1.14 bits per heavy atom. The van der Waals surface area contributed by atoms with Crippen LogP contribution in [0.5, 0.6) is 5.75 Å². The zero-order valence-electron chi connectivity index (χ0n) is 12.2. The molecule has 0 spiro atoms. The van der Waals surface area contributed by atoms with Crippen LogP contribution in [-0.2, 0) is 13.0 Å². The number of para-hydroxylation sites is 1. The lowest BCUT2D eigenvalue weighted by molar-refractivity contribution is 0.402. The average molecular weight is 296 g/mol. The number of nitrogens with zero attached hydrogens (tertiary/aromatic N) is 4. The molecule has 112 valence electrons. The number of rotatable bonds is 5. The monoisotopic (exact) mass is 296 g/mol. The summed E-state index contributed by atoms with van der Waals surface area (Å²) in [5, 5.41) is 8.26. The summed E-state index contributed by atoms with van der Waals surface area (Å²) in [7, 11) is 1.49. The van der Waals surface area contributed by atoms with Crippen LogP contribution in [-0.4, -0.2) is 26.7 Å². The van der Waals surface area contributed by atoms with Crippen molar-refractivity contribution in [3.8, 4) is 11.4 Å². The minimum absolute atomic E-state index is 0.138. The molecule has 0 aliphatic rings. The number of methoxy groups -OCH3 is 1. The van der Waals surface area contributed by atoms with Crippen molar-refractivity contribution >= 4 is 0 Å². The normalized spacial score (nSPS) is 10.6. The molecular formula is C16H16N4O2. The van der Waals surface area contributed by atoms with E-state index in [-0.39, 0.29) is 5.56 Å². The van der Waals surface area contributed by atoms with E-state index in [9.17, 15) is 4.79 Å². The lowest BCUT2D eigenvalue weighted by atomic mass is 10.3. The SMILES string of the molecule is COc1cccn(CCc2cn(-c3ccccc3)nn2)c1=O. The van der Waals surface area contributed by atoms with Gasteiger partial charge >= 0.3 is 0 Å². The van der Waals surface area contributed by atoms with Crippen LogP contribution in [0.3, 0.4) is 0 Å². The van der Waals surface area contributed by atoms with E-state index in [0.717, 1.165) is 11.4 Å². The van der Waals surface area contributed by atoms with Crippen LogP contribution >= 0.6 is 0 Å². The van der Waals surface area contributed by atoms with Crippen molar-refractivity contribution in [3.63, 3.8) is 0 Å². The van der Waals surface area contributed by atoms with Crippen LogP contribution in [0, 0.1) is 0 Å². The van der Waals surface area contributed by atoms with E-state index < -0.39 is 0 Å². The smallest absolute Gasteiger partial charge is 0.292 e. The van der Waals surface area contributed by atoms with Crippen LogP contribution in [0.1, 0.15) is 5.69 Å². The Morgan fingerprint density at radius 2 is 1.95 bits per heavy atom. The average Bonchev–Trinajstić information content (AvgIpc) is 3.04. The fourth-order valence-corrected chi connectivity index (χ4v) is 2.20. The molecule has 0 bridgehead atoms. The highest BCUT2D eigenvalue weighted by atomic mass is 16.5. The molecule has 0 aliphatic heterocycles. The maximum Gasteiger partial charge on any atom is 0.292 e. The van der Waals surface area contributed by atoms with Crippen molar-refractivity contribution < 1.29 is 4.74 Å². The largest absolute Gasteiger partial charge is 0.491 e. The molecule has 0 fully saturated rings. The fourth-order valence-electron chi connectivity index (χ4n) is 2.20. The number of benzene rings is 1. The van der Waals surface area contributed by atoms with Crippen LogP contribution in [0.15, 0.2) is 59.7 Å². The third kappa shape index (κ3) is 2.90. The van der Waals surface area contributed by atoms with Crippen molar-refractivity contribution in [1.29, 1.82) is 0 Å². The van der Waals surface area contributed by atoms with E-state index >= 15 is 0 Å². The first-order valence-electron chi connectivity index (χ1n) is 6.98. The first kappa shape index (κ1) is 14.1. The van der Waals surface area contributed by atoms with Crippen LogP contribution < -0.4 is 10.3 Å². The highest BCUT2D eigenvalue weighted by molar-refractivity contribution is 5.29. The van der Waals surface area contributed by atoms with Gasteiger partial charge < -0.3 is 9.30 Å². The first-order chi connectivity index (χ1) is 10.8. The third-order valence-electron chi connectivity index (χ3n) is 3.38. The summed E-state index contributed by atoms with van der Waals surface area (Å²) in [6.45, 7) is 0.531. The van der Waals surface area contributed by atoms with E-state index in [0.29, 0.717) is 18.7 Å². The molecule has 0 unspecified atom stereocenters. The number of ether oxygens (including phenoxy) is 1. The third-order valence-corrected chi connectivity index (χ3v) is 3.38. The van der Waals surface area contributed by atoms with Gasteiger partial charge in [-0.25, -0.2) is 4.68 Å². The molecule has 6 nitrogen and oxygen atoms in total. The highest BCUT2D eigenvalue weighted by Crippen LogP contribution is 2.07. The summed E-state index contributed by atoms with van der Waals surface area (Å²) in [5.41, 5.74) is 1.65. The molecule has 0 amide bonds. The summed E-state index contributed by atoms with van der Waals surface area (Å²) in [6, 6.07) is 13.2. The molecule has 3 rings (SSSR count). The van der Waals surface area contributed by atoms with Gasteiger partial charge in [0, 0.05) is 19.2 Å². The van der Waals surface area contributed by atoms with Gasteiger partial charge in [0.2, 0.25) is 0 Å². The first-order valence-corrected chi connectivity index (χ1v) is 6.98. The number of hydrogen-bond donors (Lipinski definition) is 0. The number of hydrogen-bond acceptors (Lipinski definition) is 4. The second-order valence-electron chi connectivity index (χ2n) is 4.82. The molecular weight excluding hydrogens is 280 g/mol. The number of aryl methyl sites for hydroxylation is 2. The van der Waals surface area contributed by atoms with E-state index in [1.807, 2.05) is 36.5 Å². The van der Waals surface area contributed by atoms with E-state index in [1.165, 1.54) is 7.11 Å². The Kier molecular flexibility index (Phi) is 4.00. The second kappa shape index (κ2) is 6.26. The van der Waals surface area contributed by atoms with Crippen molar-refractivity contribution in [2.24, 2.45) is 0 Å². The topological polar surface area (TPSA) is 61.9 Å². The quantitative estimate of drug-likeness (QED) is 0.718. The van der Waals surface area contributed by atoms with Gasteiger partial charge in [0.05, 0.1) is 24.7 Å². The molecule has 0 atom stereocenters.